The standard InChI is InChI=1S/C26H30N2O5S/c29-24(27-13-15-28(16-14-27)25(30)26(31)11-2-12-26)21-7-5-20(6-8-21)22-4-1-3-19(17-22)18-34(32,33)23-9-10-23/h1,3-8,17,23,31H,2,9-16,18H2. The maximum absolute atomic E-state index is 13.0. The van der Waals surface area contributed by atoms with E-state index in [0.717, 1.165) is 36.0 Å². The van der Waals surface area contributed by atoms with Crippen LogP contribution in [0, 0.1) is 0 Å². The first-order valence-corrected chi connectivity index (χ1v) is 13.7. The molecule has 180 valence electrons. The van der Waals surface area contributed by atoms with Gasteiger partial charge in [0.2, 0.25) is 0 Å². The molecular weight excluding hydrogens is 452 g/mol. The zero-order chi connectivity index (χ0) is 23.9. The Morgan fingerprint density at radius 3 is 2.15 bits per heavy atom. The van der Waals surface area contributed by atoms with Gasteiger partial charge in [0.25, 0.3) is 11.8 Å². The second-order valence-electron chi connectivity index (χ2n) is 9.75. The molecule has 1 aliphatic heterocycles. The Balaban J connectivity index is 1.21. The fourth-order valence-electron chi connectivity index (χ4n) is 4.74. The predicted octanol–water partition coefficient (Wildman–Crippen LogP) is 2.63. The molecule has 0 aromatic heterocycles. The number of aliphatic hydroxyl groups is 1. The quantitative estimate of drug-likeness (QED) is 0.683. The molecule has 2 amide bonds. The van der Waals surface area contributed by atoms with E-state index >= 15 is 0 Å². The molecule has 2 aromatic rings. The fraction of sp³-hybridized carbons (Fsp3) is 0.462. The Kier molecular flexibility index (Phi) is 5.98. The van der Waals surface area contributed by atoms with Crippen LogP contribution in [0.2, 0.25) is 0 Å². The molecule has 5 rings (SSSR count). The van der Waals surface area contributed by atoms with Crippen molar-refractivity contribution in [3.05, 3.63) is 59.7 Å². The van der Waals surface area contributed by atoms with Crippen molar-refractivity contribution in [2.24, 2.45) is 0 Å². The SMILES string of the molecule is O=C(c1ccc(-c2cccc(CS(=O)(=O)C3CC3)c2)cc1)N1CCN(C(=O)C2(O)CCC2)CC1. The van der Waals surface area contributed by atoms with E-state index < -0.39 is 15.4 Å². The number of amides is 2. The van der Waals surface area contributed by atoms with E-state index in [-0.39, 0.29) is 22.8 Å². The zero-order valence-electron chi connectivity index (χ0n) is 19.2. The first-order valence-electron chi connectivity index (χ1n) is 12.0. The Hall–Kier alpha value is -2.71. The molecule has 0 atom stereocenters. The largest absolute Gasteiger partial charge is 0.380 e. The molecule has 2 aliphatic carbocycles. The monoisotopic (exact) mass is 482 g/mol. The number of benzene rings is 2. The van der Waals surface area contributed by atoms with Crippen LogP contribution in [0.15, 0.2) is 48.5 Å². The summed E-state index contributed by atoms with van der Waals surface area (Å²) in [5, 5.41) is 10.1. The summed E-state index contributed by atoms with van der Waals surface area (Å²) in [4.78, 5) is 28.9. The van der Waals surface area contributed by atoms with Crippen LogP contribution < -0.4 is 0 Å². The minimum atomic E-state index is -3.07. The molecule has 7 nitrogen and oxygen atoms in total. The summed E-state index contributed by atoms with van der Waals surface area (Å²) in [6.45, 7) is 1.75. The topological polar surface area (TPSA) is 95.0 Å². The summed E-state index contributed by atoms with van der Waals surface area (Å²) in [5.41, 5.74) is 2.01. The second kappa shape index (κ2) is 8.82. The number of rotatable bonds is 6. The highest BCUT2D eigenvalue weighted by molar-refractivity contribution is 7.91. The van der Waals surface area contributed by atoms with E-state index in [9.17, 15) is 23.1 Å². The average Bonchev–Trinajstić information content (AvgIpc) is 3.68. The molecule has 0 bridgehead atoms. The van der Waals surface area contributed by atoms with Gasteiger partial charge in [0.05, 0.1) is 11.0 Å². The van der Waals surface area contributed by atoms with Crippen molar-refractivity contribution in [3.63, 3.8) is 0 Å². The van der Waals surface area contributed by atoms with Gasteiger partial charge in [0.1, 0.15) is 5.60 Å². The summed E-state index contributed by atoms with van der Waals surface area (Å²) in [7, 11) is -3.07. The zero-order valence-corrected chi connectivity index (χ0v) is 20.0. The highest BCUT2D eigenvalue weighted by Gasteiger charge is 2.45. The molecular formula is C26H30N2O5S. The molecule has 1 saturated heterocycles. The van der Waals surface area contributed by atoms with Gasteiger partial charge in [-0.1, -0.05) is 36.4 Å². The number of nitrogens with zero attached hydrogens (tertiary/aromatic N) is 2. The molecule has 1 N–H and O–H groups in total. The van der Waals surface area contributed by atoms with Crippen LogP contribution in [0.3, 0.4) is 0 Å². The molecule has 3 fully saturated rings. The van der Waals surface area contributed by atoms with Gasteiger partial charge >= 0.3 is 0 Å². The van der Waals surface area contributed by atoms with Gasteiger partial charge in [-0.15, -0.1) is 0 Å². The van der Waals surface area contributed by atoms with Crippen LogP contribution in [-0.4, -0.2) is 72.2 Å². The normalized spacial score (nSPS) is 20.0. The highest BCUT2D eigenvalue weighted by atomic mass is 32.2. The fourth-order valence-corrected chi connectivity index (χ4v) is 6.47. The van der Waals surface area contributed by atoms with Gasteiger partial charge in [-0.05, 0) is 60.9 Å². The van der Waals surface area contributed by atoms with Gasteiger partial charge < -0.3 is 14.9 Å². The molecule has 1 heterocycles. The van der Waals surface area contributed by atoms with Crippen LogP contribution in [0.1, 0.15) is 48.0 Å². The lowest BCUT2D eigenvalue weighted by Gasteiger charge is -2.42. The van der Waals surface area contributed by atoms with Gasteiger partial charge in [-0.3, -0.25) is 9.59 Å². The minimum Gasteiger partial charge on any atom is -0.380 e. The average molecular weight is 483 g/mol. The Morgan fingerprint density at radius 1 is 0.912 bits per heavy atom. The van der Waals surface area contributed by atoms with Crippen LogP contribution in [-0.2, 0) is 20.4 Å². The maximum atomic E-state index is 13.0. The Morgan fingerprint density at radius 2 is 1.56 bits per heavy atom. The first kappa shape index (κ1) is 23.1. The molecule has 3 aliphatic rings. The number of hydrogen-bond acceptors (Lipinski definition) is 5. The summed E-state index contributed by atoms with van der Waals surface area (Å²) >= 11 is 0. The number of sulfone groups is 1. The van der Waals surface area contributed by atoms with Gasteiger partial charge in [-0.2, -0.15) is 0 Å². The van der Waals surface area contributed by atoms with Crippen molar-refractivity contribution >= 4 is 21.7 Å². The predicted molar refractivity (Wildman–Crippen MR) is 129 cm³/mol. The van der Waals surface area contributed by atoms with Crippen molar-refractivity contribution < 1.29 is 23.1 Å². The number of carbonyl (C=O) groups excluding carboxylic acids is 2. The smallest absolute Gasteiger partial charge is 0.254 e. The molecule has 0 unspecified atom stereocenters. The van der Waals surface area contributed by atoms with Gasteiger partial charge in [0, 0.05) is 31.7 Å². The Bertz CT molecular complexity index is 1190. The third-order valence-electron chi connectivity index (χ3n) is 7.23. The third-order valence-corrected chi connectivity index (χ3v) is 9.45. The van der Waals surface area contributed by atoms with Crippen molar-refractivity contribution in [1.82, 2.24) is 9.80 Å². The van der Waals surface area contributed by atoms with Crippen molar-refractivity contribution in [2.45, 2.75) is 48.7 Å². The summed E-state index contributed by atoms with van der Waals surface area (Å²) in [6.07, 6.45) is 3.46. The second-order valence-corrected chi connectivity index (χ2v) is 12.0. The van der Waals surface area contributed by atoms with Crippen LogP contribution in [0.4, 0.5) is 0 Å². The summed E-state index contributed by atoms with van der Waals surface area (Å²) < 4.78 is 24.7. The van der Waals surface area contributed by atoms with E-state index in [1.165, 1.54) is 0 Å². The molecule has 2 saturated carbocycles. The van der Waals surface area contributed by atoms with E-state index in [0.29, 0.717) is 44.6 Å². The summed E-state index contributed by atoms with van der Waals surface area (Å²) in [6, 6.07) is 14.9. The molecule has 0 spiro atoms. The third kappa shape index (κ3) is 4.61. The number of piperazine rings is 1. The van der Waals surface area contributed by atoms with Gasteiger partial charge in [-0.25, -0.2) is 8.42 Å². The maximum Gasteiger partial charge on any atom is 0.254 e. The van der Waals surface area contributed by atoms with Crippen LogP contribution in [0.5, 0.6) is 0 Å². The lowest BCUT2D eigenvalue weighted by molar-refractivity contribution is -0.161. The van der Waals surface area contributed by atoms with E-state index in [2.05, 4.69) is 0 Å². The van der Waals surface area contributed by atoms with E-state index in [4.69, 9.17) is 0 Å². The van der Waals surface area contributed by atoms with Crippen molar-refractivity contribution in [1.29, 1.82) is 0 Å². The first-order chi connectivity index (χ1) is 16.2. The van der Waals surface area contributed by atoms with Crippen molar-refractivity contribution in [2.75, 3.05) is 26.2 Å². The van der Waals surface area contributed by atoms with Crippen molar-refractivity contribution in [3.8, 4) is 11.1 Å². The molecule has 8 heteroatoms. The minimum absolute atomic E-state index is 0.0635. The highest BCUT2D eigenvalue weighted by Crippen LogP contribution is 2.34. The number of carbonyl (C=O) groups is 2. The van der Waals surface area contributed by atoms with E-state index in [1.54, 1.807) is 21.9 Å². The van der Waals surface area contributed by atoms with Gasteiger partial charge in [0.15, 0.2) is 9.84 Å². The molecule has 2 aromatic carbocycles. The summed E-state index contributed by atoms with van der Waals surface area (Å²) in [5.74, 6) is -0.221. The number of hydrogen-bond donors (Lipinski definition) is 1. The van der Waals surface area contributed by atoms with Crippen LogP contribution in [0.25, 0.3) is 11.1 Å². The lowest BCUT2D eigenvalue weighted by atomic mass is 9.79. The van der Waals surface area contributed by atoms with Crippen LogP contribution >= 0.6 is 0 Å². The molecule has 0 radical (unpaired) electrons. The lowest BCUT2D eigenvalue weighted by Crippen LogP contribution is -2.58. The Labute approximate surface area is 200 Å². The molecule has 34 heavy (non-hydrogen) atoms. The van der Waals surface area contributed by atoms with E-state index in [1.807, 2.05) is 36.4 Å².